The van der Waals surface area contributed by atoms with Crippen molar-refractivity contribution in [3.05, 3.63) is 0 Å². The van der Waals surface area contributed by atoms with E-state index in [4.69, 9.17) is 0 Å². The molecular weight excluding hydrogens is 220 g/mol. The first-order valence-corrected chi connectivity index (χ1v) is 7.71. The molecule has 3 aliphatic rings. The highest BCUT2D eigenvalue weighted by Crippen LogP contribution is 2.66. The average Bonchev–Trinajstić information content (AvgIpc) is 3.12. The molecule has 0 amide bonds. The van der Waals surface area contributed by atoms with E-state index >= 15 is 0 Å². The first-order valence-electron chi connectivity index (χ1n) is 7.71. The Morgan fingerprint density at radius 2 is 1.56 bits per heavy atom. The zero-order chi connectivity index (χ0) is 13.3. The van der Waals surface area contributed by atoms with Gasteiger partial charge in [-0.3, -0.25) is 4.90 Å². The summed E-state index contributed by atoms with van der Waals surface area (Å²) in [5.41, 5.74) is 1.33. The molecule has 104 valence electrons. The quantitative estimate of drug-likeness (QED) is 0.811. The second kappa shape index (κ2) is 3.52. The Bertz CT molecular complexity index is 342. The lowest BCUT2D eigenvalue weighted by Crippen LogP contribution is -2.64. The maximum Gasteiger partial charge on any atom is 0.0309 e. The van der Waals surface area contributed by atoms with Gasteiger partial charge in [-0.25, -0.2) is 0 Å². The molecule has 1 N–H and O–H groups in total. The first-order chi connectivity index (χ1) is 8.20. The summed E-state index contributed by atoms with van der Waals surface area (Å²) in [6.45, 7) is 17.0. The summed E-state index contributed by atoms with van der Waals surface area (Å²) in [5, 5.41) is 3.83. The minimum Gasteiger partial charge on any atom is -0.308 e. The minimum absolute atomic E-state index is 0.376. The molecule has 3 rings (SSSR count). The van der Waals surface area contributed by atoms with Crippen LogP contribution in [0.3, 0.4) is 0 Å². The van der Waals surface area contributed by atoms with Crippen LogP contribution in [-0.2, 0) is 0 Å². The molecule has 2 nitrogen and oxygen atoms in total. The van der Waals surface area contributed by atoms with Crippen LogP contribution in [0, 0.1) is 16.7 Å². The molecule has 0 bridgehead atoms. The summed E-state index contributed by atoms with van der Waals surface area (Å²) >= 11 is 0. The monoisotopic (exact) mass is 250 g/mol. The van der Waals surface area contributed by atoms with Gasteiger partial charge in [-0.2, -0.15) is 0 Å². The topological polar surface area (TPSA) is 15.3 Å². The van der Waals surface area contributed by atoms with Gasteiger partial charge < -0.3 is 5.32 Å². The summed E-state index contributed by atoms with van der Waals surface area (Å²) in [6.07, 6.45) is 2.87. The van der Waals surface area contributed by atoms with Crippen LogP contribution in [0.5, 0.6) is 0 Å². The Kier molecular flexibility index (Phi) is 2.53. The van der Waals surface area contributed by atoms with Gasteiger partial charge in [0, 0.05) is 30.7 Å². The summed E-state index contributed by atoms with van der Waals surface area (Å²) in [5.74, 6) is 0.928. The second-order valence-electron chi connectivity index (χ2n) is 8.44. The molecule has 2 aliphatic carbocycles. The normalized spacial score (nSPS) is 44.0. The summed E-state index contributed by atoms with van der Waals surface area (Å²) in [6, 6.07) is 1.45. The van der Waals surface area contributed by atoms with E-state index < -0.39 is 0 Å². The van der Waals surface area contributed by atoms with Gasteiger partial charge in [0.15, 0.2) is 0 Å². The summed E-state index contributed by atoms with van der Waals surface area (Å²) in [4.78, 5) is 2.81. The molecule has 1 heterocycles. The zero-order valence-electron chi connectivity index (χ0n) is 13.0. The standard InChI is InChI=1S/C16H30N2/c1-11-9-17-16(6,12-7-8-12)10-18(11)13-14(2,3)15(13,4)5/h11-13,17H,7-10H2,1-6H3. The zero-order valence-corrected chi connectivity index (χ0v) is 13.0. The molecule has 0 aromatic rings. The van der Waals surface area contributed by atoms with Crippen LogP contribution in [0.15, 0.2) is 0 Å². The number of rotatable bonds is 2. The molecule has 0 aromatic heterocycles. The van der Waals surface area contributed by atoms with Crippen molar-refractivity contribution in [3.63, 3.8) is 0 Å². The van der Waals surface area contributed by atoms with E-state index in [2.05, 4.69) is 51.8 Å². The fourth-order valence-corrected chi connectivity index (χ4v) is 4.42. The molecule has 18 heavy (non-hydrogen) atoms. The van der Waals surface area contributed by atoms with Crippen LogP contribution >= 0.6 is 0 Å². The number of nitrogens with zero attached hydrogens (tertiary/aromatic N) is 1. The first kappa shape index (κ1) is 12.9. The number of hydrogen-bond acceptors (Lipinski definition) is 2. The van der Waals surface area contributed by atoms with E-state index in [9.17, 15) is 0 Å². The van der Waals surface area contributed by atoms with Gasteiger partial charge >= 0.3 is 0 Å². The lowest BCUT2D eigenvalue weighted by atomic mass is 9.90. The van der Waals surface area contributed by atoms with Gasteiger partial charge in [0.2, 0.25) is 0 Å². The van der Waals surface area contributed by atoms with Gasteiger partial charge in [-0.1, -0.05) is 27.7 Å². The van der Waals surface area contributed by atoms with Crippen molar-refractivity contribution in [1.29, 1.82) is 0 Å². The van der Waals surface area contributed by atoms with Gasteiger partial charge in [-0.15, -0.1) is 0 Å². The smallest absolute Gasteiger partial charge is 0.0309 e. The maximum absolute atomic E-state index is 3.83. The van der Waals surface area contributed by atoms with Crippen molar-refractivity contribution in [2.45, 2.75) is 72.0 Å². The lowest BCUT2D eigenvalue weighted by Gasteiger charge is -2.47. The Hall–Kier alpha value is -0.0800. The number of nitrogens with one attached hydrogen (secondary N) is 1. The fourth-order valence-electron chi connectivity index (χ4n) is 4.42. The molecule has 0 aromatic carbocycles. The van der Waals surface area contributed by atoms with Crippen molar-refractivity contribution in [2.24, 2.45) is 16.7 Å². The van der Waals surface area contributed by atoms with Gasteiger partial charge in [0.25, 0.3) is 0 Å². The van der Waals surface area contributed by atoms with Crippen molar-refractivity contribution < 1.29 is 0 Å². The molecule has 2 unspecified atom stereocenters. The third-order valence-electron chi connectivity index (χ3n) is 6.63. The van der Waals surface area contributed by atoms with Crippen LogP contribution in [0.2, 0.25) is 0 Å². The van der Waals surface area contributed by atoms with Crippen molar-refractivity contribution in [2.75, 3.05) is 13.1 Å². The minimum atomic E-state index is 0.376. The Morgan fingerprint density at radius 3 is 2.00 bits per heavy atom. The van der Waals surface area contributed by atoms with Gasteiger partial charge in [-0.05, 0) is 43.4 Å². The van der Waals surface area contributed by atoms with Crippen molar-refractivity contribution in [3.8, 4) is 0 Å². The third kappa shape index (κ3) is 1.61. The number of hydrogen-bond donors (Lipinski definition) is 1. The lowest BCUT2D eigenvalue weighted by molar-refractivity contribution is 0.0612. The molecule has 1 aliphatic heterocycles. The predicted molar refractivity (Wildman–Crippen MR) is 76.6 cm³/mol. The Balaban J connectivity index is 1.79. The van der Waals surface area contributed by atoms with E-state index in [1.807, 2.05) is 0 Å². The largest absolute Gasteiger partial charge is 0.308 e. The average molecular weight is 250 g/mol. The molecule has 2 heteroatoms. The predicted octanol–water partition coefficient (Wildman–Crippen LogP) is 2.88. The molecule has 0 radical (unpaired) electrons. The van der Waals surface area contributed by atoms with E-state index in [1.54, 1.807) is 0 Å². The summed E-state index contributed by atoms with van der Waals surface area (Å²) in [7, 11) is 0. The molecule has 1 saturated heterocycles. The highest BCUT2D eigenvalue weighted by molar-refractivity contribution is 5.21. The van der Waals surface area contributed by atoms with Crippen molar-refractivity contribution >= 4 is 0 Å². The Morgan fingerprint density at radius 1 is 1.00 bits per heavy atom. The Labute approximate surface area is 113 Å². The molecule has 0 spiro atoms. The van der Waals surface area contributed by atoms with E-state index in [1.165, 1.54) is 19.4 Å². The van der Waals surface area contributed by atoms with Crippen LogP contribution in [-0.4, -0.2) is 35.6 Å². The second-order valence-corrected chi connectivity index (χ2v) is 8.44. The summed E-state index contributed by atoms with van der Waals surface area (Å²) < 4.78 is 0. The van der Waals surface area contributed by atoms with Crippen LogP contribution < -0.4 is 5.32 Å². The van der Waals surface area contributed by atoms with Crippen LogP contribution in [0.25, 0.3) is 0 Å². The molecule has 2 saturated carbocycles. The van der Waals surface area contributed by atoms with E-state index in [-0.39, 0.29) is 0 Å². The van der Waals surface area contributed by atoms with Gasteiger partial charge in [0.1, 0.15) is 0 Å². The van der Waals surface area contributed by atoms with Crippen LogP contribution in [0.4, 0.5) is 0 Å². The molecular formula is C16H30N2. The van der Waals surface area contributed by atoms with Crippen molar-refractivity contribution in [1.82, 2.24) is 10.2 Å². The third-order valence-corrected chi connectivity index (χ3v) is 6.63. The maximum atomic E-state index is 3.83. The SMILES string of the molecule is CC1CNC(C)(C2CC2)CN1C1C(C)(C)C1(C)C. The highest BCUT2D eigenvalue weighted by Gasteiger charge is 2.68. The fraction of sp³-hybridized carbons (Fsp3) is 1.00. The van der Waals surface area contributed by atoms with Gasteiger partial charge in [0.05, 0.1) is 0 Å². The highest BCUT2D eigenvalue weighted by atomic mass is 15.3. The number of piperazine rings is 1. The van der Waals surface area contributed by atoms with Crippen LogP contribution in [0.1, 0.15) is 54.4 Å². The molecule has 3 fully saturated rings. The molecule has 2 atom stereocenters. The van der Waals surface area contributed by atoms with E-state index in [0.29, 0.717) is 22.4 Å². The van der Waals surface area contributed by atoms with E-state index in [0.717, 1.165) is 18.5 Å².